The van der Waals surface area contributed by atoms with Crippen LogP contribution in [-0.2, 0) is 19.0 Å². The van der Waals surface area contributed by atoms with Crippen LogP contribution in [0.3, 0.4) is 0 Å². The van der Waals surface area contributed by atoms with Crippen LogP contribution in [0.25, 0.3) is 0 Å². The average molecular weight is 258 g/mol. The Morgan fingerprint density at radius 3 is 2.60 bits per heavy atom. The number of hydrogen-bond acceptors (Lipinski definition) is 5. The van der Waals surface area contributed by atoms with E-state index in [-0.39, 0.29) is 0 Å². The van der Waals surface area contributed by atoms with Gasteiger partial charge >= 0.3 is 0 Å². The van der Waals surface area contributed by atoms with Gasteiger partial charge in [0.05, 0.1) is 19.5 Å². The quantitative estimate of drug-likeness (QED) is 0.522. The van der Waals surface area contributed by atoms with Gasteiger partial charge in [0.1, 0.15) is 0 Å². The summed E-state index contributed by atoms with van der Waals surface area (Å²) < 4.78 is 31.3. The Kier molecular flexibility index (Phi) is 5.28. The molecule has 1 atom stereocenters. The highest BCUT2D eigenvalue weighted by molar-refractivity contribution is 7.86. The summed E-state index contributed by atoms with van der Waals surface area (Å²) in [6.07, 6.45) is 1.49. The van der Waals surface area contributed by atoms with Crippen molar-refractivity contribution in [2.24, 2.45) is 0 Å². The van der Waals surface area contributed by atoms with E-state index in [9.17, 15) is 8.42 Å². The second-order valence-corrected chi connectivity index (χ2v) is 5.54. The van der Waals surface area contributed by atoms with Crippen molar-refractivity contribution >= 4 is 21.7 Å². The van der Waals surface area contributed by atoms with Crippen molar-refractivity contribution in [3.05, 3.63) is 0 Å². The van der Waals surface area contributed by atoms with Gasteiger partial charge in [-0.25, -0.2) is 0 Å². The van der Waals surface area contributed by atoms with Crippen molar-refractivity contribution in [2.45, 2.75) is 12.0 Å². The minimum Gasteiger partial charge on any atom is -0.379 e. The second-order valence-electron chi connectivity index (χ2n) is 3.45. The maximum absolute atomic E-state index is 10.8. The Labute approximate surface area is 95.4 Å². The summed E-state index contributed by atoms with van der Waals surface area (Å²) in [5, 5.41) is 0. The van der Waals surface area contributed by atoms with Crippen LogP contribution in [0.15, 0.2) is 0 Å². The molecule has 1 heterocycles. The van der Waals surface area contributed by atoms with Crippen LogP contribution in [0.1, 0.15) is 6.42 Å². The van der Waals surface area contributed by atoms with Gasteiger partial charge in [0, 0.05) is 26.1 Å². The Balaban J connectivity index is 2.18. The molecule has 0 amide bonds. The average Bonchev–Trinajstić information content (AvgIpc) is 2.14. The highest BCUT2D eigenvalue weighted by Gasteiger charge is 2.15. The first-order valence-electron chi connectivity index (χ1n) is 4.80. The van der Waals surface area contributed by atoms with Crippen molar-refractivity contribution in [1.29, 1.82) is 0 Å². The van der Waals surface area contributed by atoms with Gasteiger partial charge in [-0.3, -0.25) is 9.08 Å². The van der Waals surface area contributed by atoms with Crippen LogP contribution >= 0.6 is 11.6 Å². The van der Waals surface area contributed by atoms with Crippen LogP contribution in [0.2, 0.25) is 0 Å². The SMILES string of the molecule is CS(=O)(=O)OC(Cl)CCN1CCOCC1. The van der Waals surface area contributed by atoms with E-state index in [2.05, 4.69) is 9.08 Å². The molecule has 0 radical (unpaired) electrons. The van der Waals surface area contributed by atoms with Gasteiger partial charge in [0.25, 0.3) is 10.1 Å². The molecular formula is C8H16ClNO4S. The first kappa shape index (κ1) is 13.2. The van der Waals surface area contributed by atoms with E-state index < -0.39 is 15.7 Å². The lowest BCUT2D eigenvalue weighted by molar-refractivity contribution is 0.0349. The topological polar surface area (TPSA) is 55.8 Å². The van der Waals surface area contributed by atoms with Crippen LogP contribution in [0, 0.1) is 0 Å². The summed E-state index contributed by atoms with van der Waals surface area (Å²) in [5.74, 6) is 0. The van der Waals surface area contributed by atoms with E-state index in [1.165, 1.54) is 0 Å². The van der Waals surface area contributed by atoms with E-state index in [0.717, 1.165) is 39.1 Å². The van der Waals surface area contributed by atoms with E-state index >= 15 is 0 Å². The molecule has 1 saturated heterocycles. The summed E-state index contributed by atoms with van der Waals surface area (Å²) >= 11 is 5.73. The van der Waals surface area contributed by atoms with Gasteiger partial charge in [-0.05, 0) is 0 Å². The molecule has 0 spiro atoms. The van der Waals surface area contributed by atoms with Gasteiger partial charge in [-0.1, -0.05) is 11.6 Å². The number of rotatable bonds is 5. The molecule has 0 bridgehead atoms. The number of alkyl halides is 1. The van der Waals surface area contributed by atoms with Crippen molar-refractivity contribution < 1.29 is 17.3 Å². The van der Waals surface area contributed by atoms with Crippen LogP contribution < -0.4 is 0 Å². The normalized spacial score (nSPS) is 21.5. The van der Waals surface area contributed by atoms with Crippen molar-refractivity contribution in [2.75, 3.05) is 39.1 Å². The Hall–Kier alpha value is 0.120. The molecule has 0 aromatic carbocycles. The third kappa shape index (κ3) is 6.32. The fourth-order valence-electron chi connectivity index (χ4n) is 1.35. The lowest BCUT2D eigenvalue weighted by atomic mass is 10.3. The van der Waals surface area contributed by atoms with E-state index in [1.54, 1.807) is 0 Å². The zero-order valence-corrected chi connectivity index (χ0v) is 10.3. The summed E-state index contributed by atoms with van der Waals surface area (Å²) in [7, 11) is -3.45. The standard InChI is InChI=1S/C8H16ClNO4S/c1-15(11,12)14-8(9)2-3-10-4-6-13-7-5-10/h8H,2-7H2,1H3. The smallest absolute Gasteiger partial charge is 0.265 e. The number of nitrogens with zero attached hydrogens (tertiary/aromatic N) is 1. The number of ether oxygens (including phenoxy) is 1. The number of hydrogen-bond donors (Lipinski definition) is 0. The van der Waals surface area contributed by atoms with Gasteiger partial charge in [-0.15, -0.1) is 0 Å². The molecule has 1 rings (SSSR count). The predicted molar refractivity (Wildman–Crippen MR) is 57.4 cm³/mol. The Bertz CT molecular complexity index is 276. The zero-order valence-electron chi connectivity index (χ0n) is 8.69. The van der Waals surface area contributed by atoms with Crippen LogP contribution in [-0.4, -0.2) is 58.0 Å². The fourth-order valence-corrected chi connectivity index (χ4v) is 2.32. The highest BCUT2D eigenvalue weighted by atomic mass is 35.5. The maximum Gasteiger partial charge on any atom is 0.265 e. The molecule has 90 valence electrons. The maximum atomic E-state index is 10.8. The Morgan fingerprint density at radius 2 is 2.07 bits per heavy atom. The summed E-state index contributed by atoms with van der Waals surface area (Å²) in [4.78, 5) is 2.17. The zero-order chi connectivity index (χ0) is 11.3. The van der Waals surface area contributed by atoms with Crippen LogP contribution in [0.4, 0.5) is 0 Å². The third-order valence-corrected chi connectivity index (χ3v) is 3.05. The molecule has 0 aliphatic carbocycles. The molecule has 0 saturated carbocycles. The molecule has 1 fully saturated rings. The molecule has 1 unspecified atom stereocenters. The number of morpholine rings is 1. The molecule has 15 heavy (non-hydrogen) atoms. The van der Waals surface area contributed by atoms with E-state index in [1.807, 2.05) is 0 Å². The summed E-state index contributed by atoms with van der Waals surface area (Å²) in [5.41, 5.74) is -0.775. The van der Waals surface area contributed by atoms with Crippen molar-refractivity contribution in [3.63, 3.8) is 0 Å². The molecule has 0 aromatic heterocycles. The Morgan fingerprint density at radius 1 is 1.47 bits per heavy atom. The van der Waals surface area contributed by atoms with E-state index in [4.69, 9.17) is 16.3 Å². The number of halogens is 1. The van der Waals surface area contributed by atoms with Crippen LogP contribution in [0.5, 0.6) is 0 Å². The molecule has 7 heteroatoms. The fraction of sp³-hybridized carbons (Fsp3) is 1.00. The molecule has 1 aliphatic heterocycles. The molecule has 5 nitrogen and oxygen atoms in total. The molecule has 0 aromatic rings. The molecular weight excluding hydrogens is 242 g/mol. The molecule has 1 aliphatic rings. The van der Waals surface area contributed by atoms with Gasteiger partial charge in [0.15, 0.2) is 5.56 Å². The first-order valence-corrected chi connectivity index (χ1v) is 7.05. The first-order chi connectivity index (χ1) is 6.97. The molecule has 0 N–H and O–H groups in total. The van der Waals surface area contributed by atoms with E-state index in [0.29, 0.717) is 6.42 Å². The minimum atomic E-state index is -3.45. The third-order valence-electron chi connectivity index (χ3n) is 2.06. The summed E-state index contributed by atoms with van der Waals surface area (Å²) in [6, 6.07) is 0. The van der Waals surface area contributed by atoms with Gasteiger partial charge < -0.3 is 4.74 Å². The van der Waals surface area contributed by atoms with Gasteiger partial charge in [0.2, 0.25) is 0 Å². The van der Waals surface area contributed by atoms with Gasteiger partial charge in [-0.2, -0.15) is 8.42 Å². The largest absolute Gasteiger partial charge is 0.379 e. The monoisotopic (exact) mass is 257 g/mol. The predicted octanol–water partition coefficient (Wildman–Crippen LogP) is 0.250. The second kappa shape index (κ2) is 6.00. The van der Waals surface area contributed by atoms with Crippen molar-refractivity contribution in [1.82, 2.24) is 4.90 Å². The summed E-state index contributed by atoms with van der Waals surface area (Å²) in [6.45, 7) is 3.90. The lowest BCUT2D eigenvalue weighted by Crippen LogP contribution is -2.37. The lowest BCUT2D eigenvalue weighted by Gasteiger charge is -2.26. The minimum absolute atomic E-state index is 0.495. The van der Waals surface area contributed by atoms with Crippen molar-refractivity contribution in [3.8, 4) is 0 Å². The highest BCUT2D eigenvalue weighted by Crippen LogP contribution is 2.09.